The van der Waals surface area contributed by atoms with E-state index in [9.17, 15) is 14.4 Å². The highest BCUT2D eigenvalue weighted by Gasteiger charge is 2.23. The van der Waals surface area contributed by atoms with Gasteiger partial charge in [-0.05, 0) is 24.3 Å². The quantitative estimate of drug-likeness (QED) is 0.743. The molecule has 0 fully saturated rings. The van der Waals surface area contributed by atoms with Gasteiger partial charge in [-0.15, -0.1) is 11.3 Å². The molecule has 0 radical (unpaired) electrons. The summed E-state index contributed by atoms with van der Waals surface area (Å²) in [5.74, 6) is -3.01. The Morgan fingerprint density at radius 3 is 2.47 bits per heavy atom. The molecule has 0 aliphatic heterocycles. The molecular weight excluding hydrogens is 294 g/mol. The van der Waals surface area contributed by atoms with Crippen LogP contribution in [0.1, 0.15) is 28.1 Å². The van der Waals surface area contributed by atoms with Crippen LogP contribution in [-0.4, -0.2) is 34.1 Å². The highest BCUT2D eigenvalue weighted by molar-refractivity contribution is 7.13. The maximum atomic E-state index is 11.8. The third kappa shape index (κ3) is 4.22. The fourth-order valence-electron chi connectivity index (χ4n) is 1.33. The lowest BCUT2D eigenvalue weighted by atomic mass is 10.1. The third-order valence-corrected chi connectivity index (χ3v) is 4.05. The smallest absolute Gasteiger partial charge is 0.326 e. The summed E-state index contributed by atoms with van der Waals surface area (Å²) in [5, 5.41) is 21.7. The lowest BCUT2D eigenvalue weighted by Gasteiger charge is -2.12. The first-order valence-corrected chi connectivity index (χ1v) is 6.57. The van der Waals surface area contributed by atoms with E-state index >= 15 is 0 Å². The van der Waals surface area contributed by atoms with Crippen molar-refractivity contribution in [3.63, 3.8) is 0 Å². The van der Waals surface area contributed by atoms with Gasteiger partial charge in [0.15, 0.2) is 0 Å². The number of rotatable bonds is 6. The largest absolute Gasteiger partial charge is 0.481 e. The number of carboxylic acids is 2. The van der Waals surface area contributed by atoms with E-state index in [1.807, 2.05) is 0 Å². The van der Waals surface area contributed by atoms with Gasteiger partial charge in [-0.3, -0.25) is 9.59 Å². The number of carbonyl (C=O) groups excluding carboxylic acids is 1. The number of halogens is 1. The lowest BCUT2D eigenvalue weighted by molar-refractivity contribution is -0.140. The van der Waals surface area contributed by atoms with Crippen LogP contribution in [-0.2, 0) is 9.59 Å². The molecule has 6 nitrogen and oxygen atoms in total. The first-order chi connectivity index (χ1) is 8.82. The molecule has 0 saturated heterocycles. The van der Waals surface area contributed by atoms with Crippen molar-refractivity contribution in [3.05, 3.63) is 20.8 Å². The molecule has 8 heteroatoms. The van der Waals surface area contributed by atoms with Crippen molar-refractivity contribution >= 4 is 40.8 Å². The molecule has 3 N–H and O–H groups in total. The first kappa shape index (κ1) is 15.5. The molecule has 0 aliphatic rings. The zero-order chi connectivity index (χ0) is 14.6. The Bertz CT molecular complexity index is 513. The molecule has 0 bridgehead atoms. The van der Waals surface area contributed by atoms with Crippen molar-refractivity contribution in [2.24, 2.45) is 0 Å². The first-order valence-electron chi connectivity index (χ1n) is 5.32. The zero-order valence-electron chi connectivity index (χ0n) is 9.97. The highest BCUT2D eigenvalue weighted by atomic mass is 35.5. The molecule has 104 valence electrons. The van der Waals surface area contributed by atoms with E-state index in [0.717, 1.165) is 16.9 Å². The Morgan fingerprint density at radius 1 is 1.42 bits per heavy atom. The molecule has 0 spiro atoms. The second kappa shape index (κ2) is 6.53. The summed E-state index contributed by atoms with van der Waals surface area (Å²) in [6.45, 7) is 1.73. The average Bonchev–Trinajstić information content (AvgIpc) is 2.64. The van der Waals surface area contributed by atoms with Crippen molar-refractivity contribution in [2.75, 3.05) is 0 Å². The summed E-state index contributed by atoms with van der Waals surface area (Å²) in [7, 11) is 0. The number of hydrogen-bond acceptors (Lipinski definition) is 4. The summed E-state index contributed by atoms with van der Waals surface area (Å²) < 4.78 is 0. The van der Waals surface area contributed by atoms with Gasteiger partial charge in [0.05, 0.1) is 5.02 Å². The maximum absolute atomic E-state index is 11.8. The predicted octanol–water partition coefficient (Wildman–Crippen LogP) is 1.76. The SMILES string of the molecule is Cc1csc(C(=O)N[C@@H](CCC(=O)O)C(=O)O)c1Cl. The van der Waals surface area contributed by atoms with Gasteiger partial charge in [-0.25, -0.2) is 4.79 Å². The molecule has 1 heterocycles. The van der Waals surface area contributed by atoms with Crippen molar-refractivity contribution < 1.29 is 24.6 Å². The van der Waals surface area contributed by atoms with E-state index in [1.165, 1.54) is 0 Å². The Labute approximate surface area is 118 Å². The van der Waals surface area contributed by atoms with Crippen LogP contribution in [0.5, 0.6) is 0 Å². The minimum absolute atomic E-state index is 0.182. The third-order valence-electron chi connectivity index (χ3n) is 2.36. The Balaban J connectivity index is 2.74. The average molecular weight is 306 g/mol. The molecule has 1 amide bonds. The Hall–Kier alpha value is -1.60. The molecule has 0 unspecified atom stereocenters. The number of hydrogen-bond donors (Lipinski definition) is 3. The van der Waals surface area contributed by atoms with Crippen LogP contribution < -0.4 is 5.32 Å². The van der Waals surface area contributed by atoms with Crippen LogP contribution in [0.25, 0.3) is 0 Å². The van der Waals surface area contributed by atoms with E-state index in [0.29, 0.717) is 0 Å². The number of amides is 1. The standard InChI is InChI=1S/C11H12ClNO5S/c1-5-4-19-9(8(5)12)10(16)13-6(11(17)18)2-3-7(14)15/h4,6H,2-3H2,1H3,(H,13,16)(H,14,15)(H,17,18)/t6-/m0/s1. The molecule has 0 aromatic carbocycles. The number of carboxylic acid groups (broad SMARTS) is 2. The summed E-state index contributed by atoms with van der Waals surface area (Å²) in [6, 6.07) is -1.25. The molecule has 0 saturated carbocycles. The van der Waals surface area contributed by atoms with Crippen molar-refractivity contribution in [1.82, 2.24) is 5.32 Å². The topological polar surface area (TPSA) is 104 Å². The lowest BCUT2D eigenvalue weighted by Crippen LogP contribution is -2.40. The molecule has 1 atom stereocenters. The van der Waals surface area contributed by atoms with Gasteiger partial charge in [-0.1, -0.05) is 11.6 Å². The second-order valence-electron chi connectivity index (χ2n) is 3.86. The van der Waals surface area contributed by atoms with Crippen LogP contribution in [0.4, 0.5) is 0 Å². The Morgan fingerprint density at radius 2 is 2.05 bits per heavy atom. The molecule has 1 aromatic heterocycles. The zero-order valence-corrected chi connectivity index (χ0v) is 11.5. The van der Waals surface area contributed by atoms with Gasteiger partial charge in [-0.2, -0.15) is 0 Å². The minimum Gasteiger partial charge on any atom is -0.481 e. The molecule has 1 aromatic rings. The maximum Gasteiger partial charge on any atom is 0.326 e. The summed E-state index contributed by atoms with van der Waals surface area (Å²) in [6.07, 6.45) is -0.521. The normalized spacial score (nSPS) is 11.9. The van der Waals surface area contributed by atoms with E-state index in [4.69, 9.17) is 21.8 Å². The van der Waals surface area contributed by atoms with Crippen LogP contribution in [0.15, 0.2) is 5.38 Å². The van der Waals surface area contributed by atoms with Crippen LogP contribution >= 0.6 is 22.9 Å². The number of aliphatic carboxylic acids is 2. The fourth-order valence-corrected chi connectivity index (χ4v) is 2.51. The van der Waals surface area contributed by atoms with Gasteiger partial charge in [0.25, 0.3) is 5.91 Å². The van der Waals surface area contributed by atoms with E-state index in [-0.39, 0.29) is 22.7 Å². The van der Waals surface area contributed by atoms with Crippen molar-refractivity contribution in [3.8, 4) is 0 Å². The van der Waals surface area contributed by atoms with Crippen molar-refractivity contribution in [1.29, 1.82) is 0 Å². The molecule has 0 aliphatic carbocycles. The van der Waals surface area contributed by atoms with Gasteiger partial charge in [0, 0.05) is 6.42 Å². The molecular formula is C11H12ClNO5S. The summed E-state index contributed by atoms with van der Waals surface area (Å²) in [4.78, 5) is 33.4. The predicted molar refractivity (Wildman–Crippen MR) is 69.8 cm³/mol. The number of aryl methyl sites for hydroxylation is 1. The fraction of sp³-hybridized carbons (Fsp3) is 0.364. The van der Waals surface area contributed by atoms with Crippen LogP contribution in [0.2, 0.25) is 5.02 Å². The minimum atomic E-state index is -1.28. The molecule has 19 heavy (non-hydrogen) atoms. The van der Waals surface area contributed by atoms with Gasteiger partial charge in [0.2, 0.25) is 0 Å². The van der Waals surface area contributed by atoms with Crippen LogP contribution in [0.3, 0.4) is 0 Å². The van der Waals surface area contributed by atoms with Gasteiger partial charge >= 0.3 is 11.9 Å². The van der Waals surface area contributed by atoms with E-state index < -0.39 is 23.9 Å². The highest BCUT2D eigenvalue weighted by Crippen LogP contribution is 2.27. The van der Waals surface area contributed by atoms with Gasteiger partial charge < -0.3 is 15.5 Å². The Kier molecular flexibility index (Phi) is 5.31. The number of carbonyl (C=O) groups is 3. The van der Waals surface area contributed by atoms with Crippen LogP contribution in [0, 0.1) is 6.92 Å². The molecule has 1 rings (SSSR count). The summed E-state index contributed by atoms with van der Waals surface area (Å²) in [5.41, 5.74) is 0.731. The van der Waals surface area contributed by atoms with Gasteiger partial charge in [0.1, 0.15) is 10.9 Å². The van der Waals surface area contributed by atoms with E-state index in [1.54, 1.807) is 12.3 Å². The monoisotopic (exact) mass is 305 g/mol. The van der Waals surface area contributed by atoms with Crippen molar-refractivity contribution in [2.45, 2.75) is 25.8 Å². The van der Waals surface area contributed by atoms with E-state index in [2.05, 4.69) is 5.32 Å². The number of thiophene rings is 1. The summed E-state index contributed by atoms with van der Waals surface area (Å²) >= 11 is 7.01. The second-order valence-corrected chi connectivity index (χ2v) is 5.12. The number of nitrogens with one attached hydrogen (secondary N) is 1.